The van der Waals surface area contributed by atoms with Gasteiger partial charge in [-0.25, -0.2) is 0 Å². The zero-order valence-electron chi connectivity index (χ0n) is 16.8. The van der Waals surface area contributed by atoms with Crippen LogP contribution in [0.1, 0.15) is 49.0 Å². The fourth-order valence-corrected chi connectivity index (χ4v) is 4.60. The lowest BCUT2D eigenvalue weighted by Gasteiger charge is -2.36. The average Bonchev–Trinajstić information content (AvgIpc) is 3.01. The zero-order valence-corrected chi connectivity index (χ0v) is 17.6. The number of amides is 2. The van der Waals surface area contributed by atoms with Crippen molar-refractivity contribution in [1.82, 2.24) is 25.7 Å². The lowest BCUT2D eigenvalue weighted by molar-refractivity contribution is -0.126. The van der Waals surface area contributed by atoms with Crippen molar-refractivity contribution < 1.29 is 14.3 Å². The van der Waals surface area contributed by atoms with Gasteiger partial charge in [-0.05, 0) is 32.6 Å². The Morgan fingerprint density at radius 2 is 1.96 bits per heavy atom. The first-order valence-corrected chi connectivity index (χ1v) is 11.0. The second kappa shape index (κ2) is 10.3. The van der Waals surface area contributed by atoms with Gasteiger partial charge in [0.1, 0.15) is 10.0 Å². The van der Waals surface area contributed by atoms with Gasteiger partial charge in [-0.1, -0.05) is 18.3 Å². The molecule has 8 nitrogen and oxygen atoms in total. The van der Waals surface area contributed by atoms with Crippen molar-refractivity contribution in [3.8, 4) is 0 Å². The van der Waals surface area contributed by atoms with Crippen LogP contribution in [0.2, 0.25) is 0 Å². The van der Waals surface area contributed by atoms with Gasteiger partial charge in [0, 0.05) is 44.8 Å². The molecule has 0 saturated carbocycles. The van der Waals surface area contributed by atoms with Gasteiger partial charge >= 0.3 is 0 Å². The first-order valence-electron chi connectivity index (χ1n) is 10.2. The van der Waals surface area contributed by atoms with E-state index in [1.807, 2.05) is 13.8 Å². The van der Waals surface area contributed by atoms with E-state index in [0.29, 0.717) is 19.0 Å². The quantitative estimate of drug-likeness (QED) is 0.734. The molecule has 3 heterocycles. The van der Waals surface area contributed by atoms with Crippen molar-refractivity contribution in [3.05, 3.63) is 10.0 Å². The fraction of sp³-hybridized carbons (Fsp3) is 0.789. The number of hydrogen-bond acceptors (Lipinski definition) is 7. The fourth-order valence-electron chi connectivity index (χ4n) is 3.95. The Kier molecular flexibility index (Phi) is 7.75. The van der Waals surface area contributed by atoms with E-state index in [-0.39, 0.29) is 23.8 Å². The van der Waals surface area contributed by atoms with Crippen LogP contribution in [0.5, 0.6) is 0 Å². The molecular weight excluding hydrogens is 378 g/mol. The summed E-state index contributed by atoms with van der Waals surface area (Å²) >= 11 is 1.50. The van der Waals surface area contributed by atoms with E-state index in [1.54, 1.807) is 0 Å². The molecule has 1 aromatic rings. The van der Waals surface area contributed by atoms with Crippen molar-refractivity contribution in [2.45, 2.75) is 64.6 Å². The van der Waals surface area contributed by atoms with Crippen LogP contribution in [0.25, 0.3) is 0 Å². The molecule has 2 aliphatic heterocycles. The Labute approximate surface area is 170 Å². The molecule has 0 aliphatic carbocycles. The minimum atomic E-state index is -0.0830. The highest BCUT2D eigenvalue weighted by Gasteiger charge is 2.33. The molecule has 0 aromatic carbocycles. The number of aromatic nitrogens is 2. The third-order valence-electron chi connectivity index (χ3n) is 5.52. The predicted molar refractivity (Wildman–Crippen MR) is 107 cm³/mol. The highest BCUT2D eigenvalue weighted by molar-refractivity contribution is 7.11. The van der Waals surface area contributed by atoms with Crippen molar-refractivity contribution in [2.24, 2.45) is 5.92 Å². The van der Waals surface area contributed by atoms with Gasteiger partial charge in [0.15, 0.2) is 0 Å². The molecule has 0 unspecified atom stereocenters. The summed E-state index contributed by atoms with van der Waals surface area (Å²) in [6.45, 7) is 7.26. The van der Waals surface area contributed by atoms with Crippen LogP contribution < -0.4 is 10.6 Å². The SMILES string of the molecule is CCC(=O)N[C@H]1CC[C@@H](C(=O)NCc2nnc(C)s2)CN(C2CCOCC2)C1. The summed E-state index contributed by atoms with van der Waals surface area (Å²) in [6, 6.07) is 0.507. The van der Waals surface area contributed by atoms with E-state index < -0.39 is 0 Å². The van der Waals surface area contributed by atoms with Crippen LogP contribution in [-0.4, -0.2) is 65.3 Å². The maximum atomic E-state index is 12.9. The molecule has 2 saturated heterocycles. The Balaban J connectivity index is 1.62. The average molecular weight is 410 g/mol. The first-order chi connectivity index (χ1) is 13.5. The van der Waals surface area contributed by atoms with Crippen LogP contribution in [-0.2, 0) is 20.9 Å². The maximum Gasteiger partial charge on any atom is 0.224 e. The van der Waals surface area contributed by atoms with Gasteiger partial charge in [-0.2, -0.15) is 0 Å². The molecule has 2 amide bonds. The van der Waals surface area contributed by atoms with Crippen LogP contribution in [0.4, 0.5) is 0 Å². The summed E-state index contributed by atoms with van der Waals surface area (Å²) in [5.41, 5.74) is 0. The third kappa shape index (κ3) is 5.96. The molecule has 0 radical (unpaired) electrons. The van der Waals surface area contributed by atoms with E-state index in [0.717, 1.165) is 62.0 Å². The van der Waals surface area contributed by atoms with Gasteiger partial charge in [0.25, 0.3) is 0 Å². The molecule has 9 heteroatoms. The summed E-state index contributed by atoms with van der Waals surface area (Å²) in [7, 11) is 0. The van der Waals surface area contributed by atoms with Gasteiger partial charge in [0.2, 0.25) is 11.8 Å². The smallest absolute Gasteiger partial charge is 0.224 e. The predicted octanol–water partition coefficient (Wildman–Crippen LogP) is 1.25. The normalized spacial score (nSPS) is 24.5. The molecule has 2 fully saturated rings. The topological polar surface area (TPSA) is 96.5 Å². The minimum Gasteiger partial charge on any atom is -0.381 e. The van der Waals surface area contributed by atoms with Gasteiger partial charge in [-0.15, -0.1) is 10.2 Å². The van der Waals surface area contributed by atoms with Crippen molar-refractivity contribution in [2.75, 3.05) is 26.3 Å². The van der Waals surface area contributed by atoms with E-state index in [9.17, 15) is 9.59 Å². The Hall–Kier alpha value is -1.58. The van der Waals surface area contributed by atoms with E-state index >= 15 is 0 Å². The summed E-state index contributed by atoms with van der Waals surface area (Å²) in [4.78, 5) is 27.2. The third-order valence-corrected chi connectivity index (χ3v) is 6.36. The standard InChI is InChI=1S/C19H31N5O3S/c1-3-17(25)21-15-5-4-14(11-24(12-15)16-6-8-27-9-7-16)19(26)20-10-18-23-22-13(2)28-18/h14-16H,3-12H2,1-2H3,(H,20,26)(H,21,25)/t14-,15+/m1/s1. The molecule has 0 spiro atoms. The summed E-state index contributed by atoms with van der Waals surface area (Å²) in [5.74, 6) is 0.0549. The zero-order chi connectivity index (χ0) is 19.9. The van der Waals surface area contributed by atoms with Crippen molar-refractivity contribution in [3.63, 3.8) is 0 Å². The van der Waals surface area contributed by atoms with Gasteiger partial charge in [-0.3, -0.25) is 14.5 Å². The van der Waals surface area contributed by atoms with E-state index in [1.165, 1.54) is 11.3 Å². The monoisotopic (exact) mass is 409 g/mol. The number of aryl methyl sites for hydroxylation is 1. The first kappa shape index (κ1) is 21.1. The second-order valence-electron chi connectivity index (χ2n) is 7.62. The molecule has 28 heavy (non-hydrogen) atoms. The second-order valence-corrected chi connectivity index (χ2v) is 8.89. The van der Waals surface area contributed by atoms with Crippen LogP contribution in [0.15, 0.2) is 0 Å². The molecular formula is C19H31N5O3S. The highest BCUT2D eigenvalue weighted by Crippen LogP contribution is 2.23. The van der Waals surface area contributed by atoms with Crippen LogP contribution in [0, 0.1) is 12.8 Å². The number of hydrogen-bond donors (Lipinski definition) is 2. The molecule has 156 valence electrons. The van der Waals surface area contributed by atoms with Gasteiger partial charge in [0.05, 0.1) is 12.5 Å². The summed E-state index contributed by atoms with van der Waals surface area (Å²) in [5, 5.41) is 16.0. The van der Waals surface area contributed by atoms with Crippen LogP contribution in [0.3, 0.4) is 0 Å². The maximum absolute atomic E-state index is 12.9. The van der Waals surface area contributed by atoms with E-state index in [2.05, 4.69) is 25.7 Å². The number of ether oxygens (including phenoxy) is 1. The molecule has 2 aliphatic rings. The number of nitrogens with one attached hydrogen (secondary N) is 2. The van der Waals surface area contributed by atoms with E-state index in [4.69, 9.17) is 4.74 Å². The number of rotatable bonds is 6. The Morgan fingerprint density at radius 1 is 1.18 bits per heavy atom. The van der Waals surface area contributed by atoms with Crippen molar-refractivity contribution >= 4 is 23.2 Å². The highest BCUT2D eigenvalue weighted by atomic mass is 32.1. The van der Waals surface area contributed by atoms with Crippen molar-refractivity contribution in [1.29, 1.82) is 0 Å². The van der Waals surface area contributed by atoms with Crippen LogP contribution >= 0.6 is 11.3 Å². The molecule has 2 N–H and O–H groups in total. The molecule has 3 rings (SSSR count). The number of likely N-dealkylation sites (tertiary alicyclic amines) is 1. The van der Waals surface area contributed by atoms with Gasteiger partial charge < -0.3 is 15.4 Å². The molecule has 0 bridgehead atoms. The Morgan fingerprint density at radius 3 is 2.64 bits per heavy atom. The Bertz CT molecular complexity index is 662. The summed E-state index contributed by atoms with van der Waals surface area (Å²) < 4.78 is 5.51. The lowest BCUT2D eigenvalue weighted by Crippen LogP contribution is -2.49. The lowest BCUT2D eigenvalue weighted by atomic mass is 10.00. The molecule has 2 atom stereocenters. The number of carbonyl (C=O) groups is 2. The number of nitrogens with zero attached hydrogens (tertiary/aromatic N) is 3. The summed E-state index contributed by atoms with van der Waals surface area (Å²) in [6.07, 6.45) is 4.04. The number of carbonyl (C=O) groups excluding carboxylic acids is 2. The minimum absolute atomic E-state index is 0.0624. The largest absolute Gasteiger partial charge is 0.381 e. The molecule has 1 aromatic heterocycles.